The second-order valence-electron chi connectivity index (χ2n) is 7.63. The molecule has 1 aromatic rings. The number of hydrogen-bond acceptors (Lipinski definition) is 4. The Morgan fingerprint density at radius 3 is 2.36 bits per heavy atom. The summed E-state index contributed by atoms with van der Waals surface area (Å²) in [5, 5.41) is 13.5. The number of hydrogen-bond donors (Lipinski definition) is 3. The van der Waals surface area contributed by atoms with E-state index in [4.69, 9.17) is 4.52 Å². The van der Waals surface area contributed by atoms with E-state index in [0.717, 1.165) is 29.9 Å². The van der Waals surface area contributed by atoms with Crippen LogP contribution in [0.25, 0.3) is 0 Å². The van der Waals surface area contributed by atoms with Crippen LogP contribution in [0, 0.1) is 13.8 Å². The Balaban J connectivity index is 1.89. The van der Waals surface area contributed by atoms with Crippen LogP contribution in [0.4, 0.5) is 4.79 Å². The SMILES string of the molecule is Cc1noc(C)c1CNC(=O)NC1CC(C)(C)NC(C)(C)C1. The van der Waals surface area contributed by atoms with E-state index in [1.54, 1.807) is 0 Å². The maximum absolute atomic E-state index is 12.2. The number of urea groups is 1. The maximum Gasteiger partial charge on any atom is 0.315 e. The third kappa shape index (κ3) is 4.22. The number of carbonyl (C=O) groups is 1. The standard InChI is InChI=1S/C16H28N4O2/c1-10-13(11(2)22-19-10)9-17-14(21)18-12-7-15(3,4)20-16(5,6)8-12/h12,20H,7-9H2,1-6H3,(H2,17,18,21). The van der Waals surface area contributed by atoms with Crippen LogP contribution in [0.15, 0.2) is 4.52 Å². The number of nitrogens with one attached hydrogen (secondary N) is 3. The molecule has 0 unspecified atom stereocenters. The van der Waals surface area contributed by atoms with E-state index in [9.17, 15) is 4.79 Å². The van der Waals surface area contributed by atoms with Gasteiger partial charge in [-0.2, -0.15) is 0 Å². The molecule has 1 aliphatic heterocycles. The van der Waals surface area contributed by atoms with Crippen LogP contribution in [0.5, 0.6) is 0 Å². The van der Waals surface area contributed by atoms with Gasteiger partial charge in [-0.05, 0) is 54.4 Å². The quantitative estimate of drug-likeness (QED) is 0.801. The van der Waals surface area contributed by atoms with Crippen molar-refractivity contribution in [1.82, 2.24) is 21.1 Å². The molecule has 22 heavy (non-hydrogen) atoms. The highest BCUT2D eigenvalue weighted by Gasteiger charge is 2.38. The van der Waals surface area contributed by atoms with Crippen molar-refractivity contribution < 1.29 is 9.32 Å². The topological polar surface area (TPSA) is 79.2 Å². The third-order valence-corrected chi connectivity index (χ3v) is 4.13. The molecule has 0 spiro atoms. The number of aromatic nitrogens is 1. The molecule has 0 aliphatic carbocycles. The predicted molar refractivity (Wildman–Crippen MR) is 85.7 cm³/mol. The Labute approximate surface area is 132 Å². The summed E-state index contributed by atoms with van der Waals surface area (Å²) in [6.07, 6.45) is 1.82. The van der Waals surface area contributed by atoms with E-state index in [1.165, 1.54) is 0 Å². The van der Waals surface area contributed by atoms with Gasteiger partial charge in [0.15, 0.2) is 0 Å². The van der Waals surface area contributed by atoms with E-state index < -0.39 is 0 Å². The zero-order valence-corrected chi connectivity index (χ0v) is 14.5. The molecular formula is C16H28N4O2. The Bertz CT molecular complexity index is 513. The molecule has 6 nitrogen and oxygen atoms in total. The number of piperidine rings is 1. The molecule has 2 amide bonds. The predicted octanol–water partition coefficient (Wildman–Crippen LogP) is 2.40. The van der Waals surface area contributed by atoms with Gasteiger partial charge in [0, 0.05) is 29.2 Å². The summed E-state index contributed by atoms with van der Waals surface area (Å²) in [7, 11) is 0. The number of nitrogens with zero attached hydrogens (tertiary/aromatic N) is 1. The van der Waals surface area contributed by atoms with Gasteiger partial charge in [-0.15, -0.1) is 0 Å². The smallest absolute Gasteiger partial charge is 0.315 e. The van der Waals surface area contributed by atoms with Crippen LogP contribution in [0.1, 0.15) is 57.6 Å². The molecule has 2 heterocycles. The van der Waals surface area contributed by atoms with E-state index in [1.807, 2.05) is 13.8 Å². The van der Waals surface area contributed by atoms with Gasteiger partial charge in [-0.1, -0.05) is 5.16 Å². The zero-order chi connectivity index (χ0) is 16.5. The van der Waals surface area contributed by atoms with Gasteiger partial charge in [0.2, 0.25) is 0 Å². The van der Waals surface area contributed by atoms with Gasteiger partial charge < -0.3 is 20.5 Å². The molecule has 1 fully saturated rings. The molecule has 3 N–H and O–H groups in total. The minimum absolute atomic E-state index is 0.0152. The van der Waals surface area contributed by atoms with Crippen LogP contribution < -0.4 is 16.0 Å². The molecule has 0 radical (unpaired) electrons. The van der Waals surface area contributed by atoms with Crippen molar-refractivity contribution in [3.8, 4) is 0 Å². The van der Waals surface area contributed by atoms with Crippen molar-refractivity contribution in [3.63, 3.8) is 0 Å². The lowest BCUT2D eigenvalue weighted by molar-refractivity contribution is 0.147. The fraction of sp³-hybridized carbons (Fsp3) is 0.750. The molecule has 124 valence electrons. The van der Waals surface area contributed by atoms with Crippen LogP contribution in [-0.4, -0.2) is 28.3 Å². The van der Waals surface area contributed by atoms with Gasteiger partial charge in [-0.25, -0.2) is 4.79 Å². The normalized spacial score (nSPS) is 20.6. The van der Waals surface area contributed by atoms with E-state index >= 15 is 0 Å². The Kier molecular flexibility index (Phi) is 4.52. The van der Waals surface area contributed by atoms with Crippen molar-refractivity contribution in [2.24, 2.45) is 0 Å². The number of rotatable bonds is 3. The van der Waals surface area contributed by atoms with E-state index in [-0.39, 0.29) is 23.2 Å². The van der Waals surface area contributed by atoms with Crippen molar-refractivity contribution in [1.29, 1.82) is 0 Å². The molecule has 1 aliphatic rings. The fourth-order valence-electron chi connectivity index (χ4n) is 3.58. The lowest BCUT2D eigenvalue weighted by atomic mass is 9.80. The van der Waals surface area contributed by atoms with E-state index in [0.29, 0.717) is 6.54 Å². The lowest BCUT2D eigenvalue weighted by Gasteiger charge is -2.46. The van der Waals surface area contributed by atoms with Gasteiger partial charge in [0.05, 0.1) is 5.69 Å². The first-order valence-corrected chi connectivity index (χ1v) is 7.83. The Hall–Kier alpha value is -1.56. The first kappa shape index (κ1) is 16.8. The van der Waals surface area contributed by atoms with Gasteiger partial charge in [-0.3, -0.25) is 0 Å². The van der Waals surface area contributed by atoms with Crippen molar-refractivity contribution in [3.05, 3.63) is 17.0 Å². The number of amides is 2. The molecule has 1 aromatic heterocycles. The van der Waals surface area contributed by atoms with Gasteiger partial charge in [0.25, 0.3) is 0 Å². The van der Waals surface area contributed by atoms with Crippen LogP contribution in [-0.2, 0) is 6.54 Å². The fourth-order valence-corrected chi connectivity index (χ4v) is 3.58. The summed E-state index contributed by atoms with van der Waals surface area (Å²) >= 11 is 0. The molecule has 2 rings (SSSR count). The summed E-state index contributed by atoms with van der Waals surface area (Å²) < 4.78 is 5.10. The van der Waals surface area contributed by atoms with E-state index in [2.05, 4.69) is 48.8 Å². The second-order valence-corrected chi connectivity index (χ2v) is 7.63. The summed E-state index contributed by atoms with van der Waals surface area (Å²) in [6, 6.07) is 0.0226. The van der Waals surface area contributed by atoms with Crippen LogP contribution in [0.3, 0.4) is 0 Å². The highest BCUT2D eigenvalue weighted by atomic mass is 16.5. The highest BCUT2D eigenvalue weighted by molar-refractivity contribution is 5.74. The average molecular weight is 308 g/mol. The summed E-state index contributed by atoms with van der Waals surface area (Å²) in [5.41, 5.74) is 1.80. The minimum atomic E-state index is -0.140. The monoisotopic (exact) mass is 308 g/mol. The minimum Gasteiger partial charge on any atom is -0.361 e. The molecule has 0 aromatic carbocycles. The first-order chi connectivity index (χ1) is 10.1. The van der Waals surface area contributed by atoms with Crippen LogP contribution in [0.2, 0.25) is 0 Å². The molecule has 0 atom stereocenters. The van der Waals surface area contributed by atoms with Gasteiger partial charge >= 0.3 is 6.03 Å². The third-order valence-electron chi connectivity index (χ3n) is 4.13. The van der Waals surface area contributed by atoms with Gasteiger partial charge in [0.1, 0.15) is 5.76 Å². The second kappa shape index (κ2) is 5.91. The number of carbonyl (C=O) groups excluding carboxylic acids is 1. The lowest BCUT2D eigenvalue weighted by Crippen LogP contribution is -2.62. The Morgan fingerprint density at radius 2 is 1.86 bits per heavy atom. The average Bonchev–Trinajstić information content (AvgIpc) is 2.62. The largest absolute Gasteiger partial charge is 0.361 e. The summed E-state index contributed by atoms with van der Waals surface area (Å²) in [4.78, 5) is 12.2. The summed E-state index contributed by atoms with van der Waals surface area (Å²) in [6.45, 7) is 12.9. The highest BCUT2D eigenvalue weighted by Crippen LogP contribution is 2.28. The van der Waals surface area contributed by atoms with Crippen molar-refractivity contribution in [2.75, 3.05) is 0 Å². The first-order valence-electron chi connectivity index (χ1n) is 7.83. The molecule has 0 bridgehead atoms. The maximum atomic E-state index is 12.2. The van der Waals surface area contributed by atoms with Crippen LogP contribution >= 0.6 is 0 Å². The summed E-state index contributed by atoms with van der Waals surface area (Å²) in [5.74, 6) is 0.752. The van der Waals surface area contributed by atoms with Crippen molar-refractivity contribution in [2.45, 2.75) is 78.0 Å². The number of aryl methyl sites for hydroxylation is 2. The Morgan fingerprint density at radius 1 is 1.27 bits per heavy atom. The zero-order valence-electron chi connectivity index (χ0n) is 14.5. The molecule has 0 saturated carbocycles. The molecule has 1 saturated heterocycles. The van der Waals surface area contributed by atoms with Crippen molar-refractivity contribution >= 4 is 6.03 Å². The molecule has 6 heteroatoms. The molecular weight excluding hydrogens is 280 g/mol.